The van der Waals surface area contributed by atoms with Crippen LogP contribution in [0.1, 0.15) is 31.7 Å². The van der Waals surface area contributed by atoms with E-state index in [1.807, 2.05) is 6.07 Å². The van der Waals surface area contributed by atoms with Gasteiger partial charge in [-0.25, -0.2) is 0 Å². The summed E-state index contributed by atoms with van der Waals surface area (Å²) in [7, 11) is 0. The molecular weight excluding hydrogens is 246 g/mol. The summed E-state index contributed by atoms with van der Waals surface area (Å²) in [6.07, 6.45) is 6.44. The van der Waals surface area contributed by atoms with Crippen LogP contribution in [0.25, 0.3) is 0 Å². The Morgan fingerprint density at radius 2 is 2.00 bits per heavy atom. The van der Waals surface area contributed by atoms with Gasteiger partial charge in [0.2, 0.25) is 0 Å². The highest BCUT2D eigenvalue weighted by molar-refractivity contribution is 5.13. The van der Waals surface area contributed by atoms with Gasteiger partial charge in [-0.15, -0.1) is 0 Å². The minimum Gasteiger partial charge on any atom is -0.376 e. The van der Waals surface area contributed by atoms with Crippen LogP contribution in [0.15, 0.2) is 42.1 Å². The average Bonchev–Trinajstić information content (AvgIpc) is 2.44. The smallest absolute Gasteiger partial charge is 0.0717 e. The van der Waals surface area contributed by atoms with Gasteiger partial charge in [0.1, 0.15) is 0 Å². The highest BCUT2D eigenvalue weighted by Gasteiger charge is 2.30. The fraction of sp³-hybridized carbons (Fsp3) is 0.556. The molecular formula is C18H25NO. The van der Waals surface area contributed by atoms with Gasteiger partial charge in [0.05, 0.1) is 13.2 Å². The molecule has 2 aliphatic rings. The molecule has 2 nitrogen and oxygen atoms in total. The normalized spacial score (nSPS) is 23.4. The molecule has 1 aliphatic carbocycles. The molecule has 0 aromatic heterocycles. The average molecular weight is 271 g/mol. The molecule has 1 aliphatic heterocycles. The summed E-state index contributed by atoms with van der Waals surface area (Å²) in [5, 5.41) is 0. The minimum atomic E-state index is 0.716. The van der Waals surface area contributed by atoms with Crippen molar-refractivity contribution in [3.63, 3.8) is 0 Å². The fourth-order valence-corrected chi connectivity index (χ4v) is 3.27. The third kappa shape index (κ3) is 3.24. The number of ether oxygens (including phenoxy) is 1. The van der Waals surface area contributed by atoms with Crippen molar-refractivity contribution in [2.45, 2.75) is 32.8 Å². The molecule has 1 aromatic rings. The van der Waals surface area contributed by atoms with Gasteiger partial charge in [-0.05, 0) is 30.7 Å². The zero-order chi connectivity index (χ0) is 13.8. The molecule has 0 spiro atoms. The van der Waals surface area contributed by atoms with Gasteiger partial charge in [0.15, 0.2) is 0 Å². The van der Waals surface area contributed by atoms with Crippen molar-refractivity contribution in [1.29, 1.82) is 0 Å². The Bertz CT molecular complexity index is 448. The Balaban J connectivity index is 1.37. The number of rotatable bonds is 5. The Morgan fingerprint density at radius 1 is 1.20 bits per heavy atom. The van der Waals surface area contributed by atoms with E-state index in [0.29, 0.717) is 5.92 Å². The summed E-state index contributed by atoms with van der Waals surface area (Å²) >= 11 is 0. The Kier molecular flexibility index (Phi) is 4.41. The lowest BCUT2D eigenvalue weighted by Crippen LogP contribution is -2.49. The summed E-state index contributed by atoms with van der Waals surface area (Å²) in [5.74, 6) is 1.48. The van der Waals surface area contributed by atoms with E-state index in [1.54, 1.807) is 5.70 Å². The van der Waals surface area contributed by atoms with Crippen molar-refractivity contribution in [2.75, 3.05) is 19.7 Å². The monoisotopic (exact) mass is 271 g/mol. The zero-order valence-electron chi connectivity index (χ0n) is 12.4. The molecule has 3 rings (SSSR count). The van der Waals surface area contributed by atoms with E-state index >= 15 is 0 Å². The molecule has 0 radical (unpaired) electrons. The second-order valence-corrected chi connectivity index (χ2v) is 6.23. The van der Waals surface area contributed by atoms with Crippen LogP contribution in [0.4, 0.5) is 0 Å². The molecule has 2 heteroatoms. The topological polar surface area (TPSA) is 12.5 Å². The van der Waals surface area contributed by atoms with E-state index in [0.717, 1.165) is 19.1 Å². The van der Waals surface area contributed by atoms with Crippen molar-refractivity contribution in [3.05, 3.63) is 47.7 Å². The first-order chi connectivity index (χ1) is 9.83. The molecule has 0 amide bonds. The maximum absolute atomic E-state index is 5.84. The summed E-state index contributed by atoms with van der Waals surface area (Å²) in [4.78, 5) is 2.56. The Morgan fingerprint density at radius 3 is 2.75 bits per heavy atom. The summed E-state index contributed by atoms with van der Waals surface area (Å²) in [6, 6.07) is 10.4. The molecule has 1 aromatic carbocycles. The van der Waals surface area contributed by atoms with Gasteiger partial charge in [-0.1, -0.05) is 43.3 Å². The second kappa shape index (κ2) is 6.45. The van der Waals surface area contributed by atoms with E-state index in [-0.39, 0.29) is 0 Å². The number of hydrogen-bond acceptors (Lipinski definition) is 2. The lowest BCUT2D eigenvalue weighted by molar-refractivity contribution is 0.0185. The number of likely N-dealkylation sites (tertiary alicyclic amines) is 1. The first kappa shape index (κ1) is 13.7. The van der Waals surface area contributed by atoms with E-state index in [4.69, 9.17) is 4.74 Å². The highest BCUT2D eigenvalue weighted by atomic mass is 16.5. The summed E-state index contributed by atoms with van der Waals surface area (Å²) in [6.45, 7) is 6.38. The molecule has 0 saturated carbocycles. The largest absolute Gasteiger partial charge is 0.376 e. The highest BCUT2D eigenvalue weighted by Crippen LogP contribution is 2.32. The minimum absolute atomic E-state index is 0.716. The van der Waals surface area contributed by atoms with Crippen LogP contribution in [0.5, 0.6) is 0 Å². The third-order valence-electron chi connectivity index (χ3n) is 4.49. The quantitative estimate of drug-likeness (QED) is 0.807. The predicted octanol–water partition coefficient (Wildman–Crippen LogP) is 3.84. The third-order valence-corrected chi connectivity index (χ3v) is 4.49. The van der Waals surface area contributed by atoms with Crippen molar-refractivity contribution < 1.29 is 4.74 Å². The van der Waals surface area contributed by atoms with Crippen molar-refractivity contribution in [3.8, 4) is 0 Å². The van der Waals surface area contributed by atoms with Crippen LogP contribution in [0.2, 0.25) is 0 Å². The van der Waals surface area contributed by atoms with E-state index in [1.165, 1.54) is 37.9 Å². The van der Waals surface area contributed by atoms with Crippen LogP contribution in [-0.2, 0) is 11.3 Å². The standard InChI is InChI=1S/C18H25NO/c1-15-7-5-6-10-18(15)19-11-17(12-19)14-20-13-16-8-3-2-4-9-16/h2-4,8-10,15,17H,5-7,11-14H2,1H3. The van der Waals surface area contributed by atoms with Crippen LogP contribution in [0, 0.1) is 11.8 Å². The summed E-state index contributed by atoms with van der Waals surface area (Å²) in [5.41, 5.74) is 2.86. The van der Waals surface area contributed by atoms with Crippen molar-refractivity contribution in [2.24, 2.45) is 11.8 Å². The number of allylic oxidation sites excluding steroid dienone is 2. The van der Waals surface area contributed by atoms with E-state index in [2.05, 4.69) is 42.2 Å². The van der Waals surface area contributed by atoms with Crippen LogP contribution in [0.3, 0.4) is 0 Å². The van der Waals surface area contributed by atoms with Gasteiger partial charge in [0.25, 0.3) is 0 Å². The maximum Gasteiger partial charge on any atom is 0.0717 e. The maximum atomic E-state index is 5.84. The zero-order valence-corrected chi connectivity index (χ0v) is 12.4. The Labute approximate surface area is 122 Å². The second-order valence-electron chi connectivity index (χ2n) is 6.23. The molecule has 1 saturated heterocycles. The SMILES string of the molecule is CC1CCCC=C1N1CC(COCc2ccccc2)C1. The summed E-state index contributed by atoms with van der Waals surface area (Å²) < 4.78 is 5.84. The molecule has 1 fully saturated rings. The van der Waals surface area contributed by atoms with Gasteiger partial charge in [0, 0.05) is 24.7 Å². The molecule has 108 valence electrons. The predicted molar refractivity (Wildman–Crippen MR) is 82.3 cm³/mol. The molecule has 1 unspecified atom stereocenters. The molecule has 0 N–H and O–H groups in total. The number of hydrogen-bond donors (Lipinski definition) is 0. The van der Waals surface area contributed by atoms with Crippen LogP contribution >= 0.6 is 0 Å². The molecule has 1 heterocycles. The molecule has 20 heavy (non-hydrogen) atoms. The fourth-order valence-electron chi connectivity index (χ4n) is 3.27. The van der Waals surface area contributed by atoms with Crippen molar-refractivity contribution in [1.82, 2.24) is 4.90 Å². The van der Waals surface area contributed by atoms with Gasteiger partial charge >= 0.3 is 0 Å². The molecule has 1 atom stereocenters. The lowest BCUT2D eigenvalue weighted by atomic mass is 9.89. The number of nitrogens with zero attached hydrogens (tertiary/aromatic N) is 1. The van der Waals surface area contributed by atoms with E-state index < -0.39 is 0 Å². The van der Waals surface area contributed by atoms with Gasteiger partial charge in [-0.2, -0.15) is 0 Å². The van der Waals surface area contributed by atoms with Gasteiger partial charge in [-0.3, -0.25) is 0 Å². The van der Waals surface area contributed by atoms with Gasteiger partial charge < -0.3 is 9.64 Å². The Hall–Kier alpha value is -1.28. The number of benzene rings is 1. The van der Waals surface area contributed by atoms with Crippen LogP contribution < -0.4 is 0 Å². The van der Waals surface area contributed by atoms with Crippen molar-refractivity contribution >= 4 is 0 Å². The lowest BCUT2D eigenvalue weighted by Gasteiger charge is -2.45. The molecule has 0 bridgehead atoms. The first-order valence-corrected chi connectivity index (χ1v) is 7.89. The van der Waals surface area contributed by atoms with Crippen LogP contribution in [-0.4, -0.2) is 24.6 Å². The first-order valence-electron chi connectivity index (χ1n) is 7.89. The van der Waals surface area contributed by atoms with E-state index in [9.17, 15) is 0 Å².